The predicted octanol–water partition coefficient (Wildman–Crippen LogP) is 1.14. The van der Waals surface area contributed by atoms with Crippen LogP contribution in [0.4, 0.5) is 0 Å². The SMILES string of the molecule is O=C(CBr)N1CCC2(CO)CCCC12. The summed E-state index contributed by atoms with van der Waals surface area (Å²) in [6.07, 6.45) is 4.28. The second-order valence-electron chi connectivity index (χ2n) is 4.40. The summed E-state index contributed by atoms with van der Waals surface area (Å²) in [6, 6.07) is 0.303. The monoisotopic (exact) mass is 261 g/mol. The molecular weight excluding hydrogens is 246 g/mol. The zero-order chi connectivity index (χ0) is 10.2. The van der Waals surface area contributed by atoms with E-state index in [9.17, 15) is 9.90 Å². The van der Waals surface area contributed by atoms with Gasteiger partial charge in [0.05, 0.1) is 11.9 Å². The zero-order valence-corrected chi connectivity index (χ0v) is 9.79. The first-order chi connectivity index (χ1) is 6.73. The van der Waals surface area contributed by atoms with Crippen molar-refractivity contribution in [1.82, 2.24) is 4.90 Å². The summed E-state index contributed by atoms with van der Waals surface area (Å²) in [5, 5.41) is 9.86. The molecule has 2 unspecified atom stereocenters. The predicted molar refractivity (Wildman–Crippen MR) is 57.3 cm³/mol. The van der Waals surface area contributed by atoms with E-state index >= 15 is 0 Å². The first-order valence-corrected chi connectivity index (χ1v) is 6.32. The number of nitrogens with zero attached hydrogens (tertiary/aromatic N) is 1. The highest BCUT2D eigenvalue weighted by molar-refractivity contribution is 9.09. The number of rotatable bonds is 2. The molecule has 0 bridgehead atoms. The number of alkyl halides is 1. The number of amides is 1. The summed E-state index contributed by atoms with van der Waals surface area (Å²) in [5.74, 6) is 0.173. The molecule has 2 aliphatic rings. The van der Waals surface area contributed by atoms with Crippen molar-refractivity contribution in [3.05, 3.63) is 0 Å². The van der Waals surface area contributed by atoms with E-state index in [1.807, 2.05) is 4.90 Å². The molecule has 0 aromatic heterocycles. The fourth-order valence-electron chi connectivity index (χ4n) is 3.04. The minimum Gasteiger partial charge on any atom is -0.396 e. The van der Waals surface area contributed by atoms with E-state index in [-0.39, 0.29) is 17.9 Å². The smallest absolute Gasteiger partial charge is 0.233 e. The summed E-state index contributed by atoms with van der Waals surface area (Å²) in [6.45, 7) is 1.07. The number of likely N-dealkylation sites (tertiary alicyclic amines) is 1. The van der Waals surface area contributed by atoms with Crippen LogP contribution in [0.1, 0.15) is 25.7 Å². The average molecular weight is 262 g/mol. The second kappa shape index (κ2) is 3.81. The number of hydrogen-bond acceptors (Lipinski definition) is 2. The van der Waals surface area contributed by atoms with Gasteiger partial charge >= 0.3 is 0 Å². The van der Waals surface area contributed by atoms with Gasteiger partial charge in [0.25, 0.3) is 0 Å². The van der Waals surface area contributed by atoms with Gasteiger partial charge < -0.3 is 10.0 Å². The summed E-state index contributed by atoms with van der Waals surface area (Å²) in [5.41, 5.74) is 0.0395. The first kappa shape index (κ1) is 10.4. The Balaban J connectivity index is 2.15. The molecule has 4 heteroatoms. The van der Waals surface area contributed by atoms with Crippen LogP contribution in [0.15, 0.2) is 0 Å². The molecule has 0 spiro atoms. The molecule has 1 heterocycles. The van der Waals surface area contributed by atoms with Gasteiger partial charge in [-0.05, 0) is 19.3 Å². The van der Waals surface area contributed by atoms with E-state index in [0.717, 1.165) is 32.2 Å². The number of fused-ring (bicyclic) bond motifs is 1. The maximum Gasteiger partial charge on any atom is 0.233 e. The van der Waals surface area contributed by atoms with Crippen molar-refractivity contribution in [3.63, 3.8) is 0 Å². The molecule has 1 aliphatic carbocycles. The Bertz CT molecular complexity index is 246. The molecule has 80 valence electrons. The first-order valence-electron chi connectivity index (χ1n) is 5.20. The van der Waals surface area contributed by atoms with Gasteiger partial charge in [0.1, 0.15) is 0 Å². The fraction of sp³-hybridized carbons (Fsp3) is 0.900. The Morgan fingerprint density at radius 3 is 3.00 bits per heavy atom. The molecule has 1 aliphatic heterocycles. The molecular formula is C10H16BrNO2. The molecule has 1 saturated heterocycles. The van der Waals surface area contributed by atoms with E-state index in [1.54, 1.807) is 0 Å². The van der Waals surface area contributed by atoms with Crippen molar-refractivity contribution in [2.24, 2.45) is 5.41 Å². The van der Waals surface area contributed by atoms with Crippen molar-refractivity contribution in [1.29, 1.82) is 0 Å². The van der Waals surface area contributed by atoms with Gasteiger partial charge in [-0.25, -0.2) is 0 Å². The third kappa shape index (κ3) is 1.39. The van der Waals surface area contributed by atoms with Gasteiger partial charge in [-0.1, -0.05) is 22.4 Å². The van der Waals surface area contributed by atoms with Crippen molar-refractivity contribution in [2.45, 2.75) is 31.7 Å². The van der Waals surface area contributed by atoms with Crippen LogP contribution in [0.5, 0.6) is 0 Å². The van der Waals surface area contributed by atoms with Crippen LogP contribution in [0, 0.1) is 5.41 Å². The van der Waals surface area contributed by atoms with E-state index in [0.29, 0.717) is 11.4 Å². The van der Waals surface area contributed by atoms with Gasteiger partial charge in [0.15, 0.2) is 0 Å². The number of carbonyl (C=O) groups excluding carboxylic acids is 1. The number of hydrogen-bond donors (Lipinski definition) is 1. The summed E-state index contributed by atoms with van der Waals surface area (Å²) < 4.78 is 0. The lowest BCUT2D eigenvalue weighted by Gasteiger charge is -2.30. The molecule has 3 nitrogen and oxygen atoms in total. The highest BCUT2D eigenvalue weighted by Gasteiger charge is 2.50. The van der Waals surface area contributed by atoms with Gasteiger partial charge in [-0.2, -0.15) is 0 Å². The third-order valence-corrected chi connectivity index (χ3v) is 4.32. The van der Waals surface area contributed by atoms with Gasteiger partial charge in [0, 0.05) is 18.0 Å². The number of halogens is 1. The maximum atomic E-state index is 11.6. The van der Waals surface area contributed by atoms with Crippen LogP contribution in [0.3, 0.4) is 0 Å². The molecule has 1 N–H and O–H groups in total. The molecule has 2 fully saturated rings. The van der Waals surface area contributed by atoms with Gasteiger partial charge in [-0.3, -0.25) is 4.79 Å². The summed E-state index contributed by atoms with van der Waals surface area (Å²) >= 11 is 3.21. The molecule has 0 aromatic rings. The van der Waals surface area contributed by atoms with Crippen LogP contribution in [0.2, 0.25) is 0 Å². The molecule has 1 saturated carbocycles. The van der Waals surface area contributed by atoms with Crippen LogP contribution >= 0.6 is 15.9 Å². The largest absolute Gasteiger partial charge is 0.396 e. The second-order valence-corrected chi connectivity index (χ2v) is 4.96. The molecule has 0 aromatic carbocycles. The lowest BCUT2D eigenvalue weighted by Crippen LogP contribution is -2.41. The van der Waals surface area contributed by atoms with Crippen LogP contribution in [-0.2, 0) is 4.79 Å². The van der Waals surface area contributed by atoms with Gasteiger partial charge in [0.2, 0.25) is 5.91 Å². The molecule has 2 atom stereocenters. The molecule has 2 rings (SSSR count). The third-order valence-electron chi connectivity index (χ3n) is 3.84. The number of carbonyl (C=O) groups is 1. The summed E-state index contributed by atoms with van der Waals surface area (Å²) in [4.78, 5) is 13.6. The number of aliphatic hydroxyl groups is 1. The van der Waals surface area contributed by atoms with Crippen LogP contribution in [-0.4, -0.2) is 40.4 Å². The Hall–Kier alpha value is -0.0900. The molecule has 1 amide bonds. The quantitative estimate of drug-likeness (QED) is 0.758. The topological polar surface area (TPSA) is 40.5 Å². The Labute approximate surface area is 92.6 Å². The van der Waals surface area contributed by atoms with E-state index in [1.165, 1.54) is 0 Å². The van der Waals surface area contributed by atoms with Crippen molar-refractivity contribution in [3.8, 4) is 0 Å². The lowest BCUT2D eigenvalue weighted by molar-refractivity contribution is -0.129. The summed E-state index contributed by atoms with van der Waals surface area (Å²) in [7, 11) is 0. The standard InChI is InChI=1S/C10H16BrNO2/c11-6-9(14)12-5-4-10(7-13)3-1-2-8(10)12/h8,13H,1-7H2. The molecule has 0 radical (unpaired) electrons. The normalized spacial score (nSPS) is 36.1. The Kier molecular flexibility index (Phi) is 2.84. The Morgan fingerprint density at radius 1 is 1.57 bits per heavy atom. The van der Waals surface area contributed by atoms with Crippen molar-refractivity contribution >= 4 is 21.8 Å². The van der Waals surface area contributed by atoms with Crippen molar-refractivity contribution in [2.75, 3.05) is 18.5 Å². The maximum absolute atomic E-state index is 11.6. The van der Waals surface area contributed by atoms with E-state index in [4.69, 9.17) is 0 Å². The average Bonchev–Trinajstić information content (AvgIpc) is 2.74. The fourth-order valence-corrected chi connectivity index (χ4v) is 3.36. The highest BCUT2D eigenvalue weighted by atomic mass is 79.9. The lowest BCUT2D eigenvalue weighted by atomic mass is 9.83. The van der Waals surface area contributed by atoms with Crippen LogP contribution in [0.25, 0.3) is 0 Å². The van der Waals surface area contributed by atoms with Gasteiger partial charge in [-0.15, -0.1) is 0 Å². The van der Waals surface area contributed by atoms with E-state index in [2.05, 4.69) is 15.9 Å². The van der Waals surface area contributed by atoms with E-state index < -0.39 is 0 Å². The molecule has 14 heavy (non-hydrogen) atoms. The number of aliphatic hydroxyl groups excluding tert-OH is 1. The zero-order valence-electron chi connectivity index (χ0n) is 8.21. The minimum atomic E-state index is 0.0395. The minimum absolute atomic E-state index is 0.0395. The van der Waals surface area contributed by atoms with Crippen LogP contribution < -0.4 is 0 Å². The highest BCUT2D eigenvalue weighted by Crippen LogP contribution is 2.48. The van der Waals surface area contributed by atoms with Crippen molar-refractivity contribution < 1.29 is 9.90 Å². The Morgan fingerprint density at radius 2 is 2.36 bits per heavy atom.